The van der Waals surface area contributed by atoms with Crippen LogP contribution in [0.4, 0.5) is 5.69 Å². The number of nitrogens with zero attached hydrogens (tertiary/aromatic N) is 1. The summed E-state index contributed by atoms with van der Waals surface area (Å²) in [5.41, 5.74) is 4.68. The van der Waals surface area contributed by atoms with Crippen molar-refractivity contribution in [1.82, 2.24) is 0 Å². The Labute approximate surface area is 159 Å². The van der Waals surface area contributed by atoms with Crippen LogP contribution in [0.5, 0.6) is 5.75 Å². The molecule has 26 heavy (non-hydrogen) atoms. The predicted molar refractivity (Wildman–Crippen MR) is 108 cm³/mol. The summed E-state index contributed by atoms with van der Waals surface area (Å²) < 4.78 is 6.19. The normalized spacial score (nSPS) is 14.4. The van der Waals surface area contributed by atoms with E-state index in [0.29, 0.717) is 5.02 Å². The van der Waals surface area contributed by atoms with Gasteiger partial charge in [0.2, 0.25) is 0 Å². The molecule has 1 aliphatic heterocycles. The van der Waals surface area contributed by atoms with E-state index in [4.69, 9.17) is 21.3 Å². The molecule has 0 aliphatic carbocycles. The second-order valence-corrected chi connectivity index (χ2v) is 7.58. The monoisotopic (exact) mass is 361 g/mol. The zero-order valence-electron chi connectivity index (χ0n) is 14.9. The molecule has 1 heterocycles. The van der Waals surface area contributed by atoms with Crippen molar-refractivity contribution in [1.29, 1.82) is 0 Å². The molecule has 0 saturated heterocycles. The number of hydrogen-bond donors (Lipinski definition) is 0. The van der Waals surface area contributed by atoms with Crippen molar-refractivity contribution in [3.63, 3.8) is 0 Å². The number of rotatable bonds is 3. The maximum atomic E-state index is 6.37. The number of hydrogen-bond acceptors (Lipinski definition) is 2. The van der Waals surface area contributed by atoms with Gasteiger partial charge in [-0.1, -0.05) is 72.3 Å². The van der Waals surface area contributed by atoms with E-state index in [-0.39, 0.29) is 5.60 Å². The second kappa shape index (κ2) is 6.62. The topological polar surface area (TPSA) is 21.6 Å². The minimum atomic E-state index is -0.239. The van der Waals surface area contributed by atoms with Crippen LogP contribution in [0.2, 0.25) is 5.02 Å². The Kier molecular flexibility index (Phi) is 4.29. The zero-order valence-corrected chi connectivity index (χ0v) is 15.6. The maximum Gasteiger partial charge on any atom is 0.149 e. The fourth-order valence-electron chi connectivity index (χ4n) is 3.35. The van der Waals surface area contributed by atoms with Gasteiger partial charge in [-0.3, -0.25) is 0 Å². The number of halogens is 1. The molecule has 0 atom stereocenters. The van der Waals surface area contributed by atoms with Crippen LogP contribution in [0, 0.1) is 0 Å². The first-order valence-electron chi connectivity index (χ1n) is 8.73. The Hall–Kier alpha value is -2.58. The number of ether oxygens (including phenoxy) is 1. The van der Waals surface area contributed by atoms with E-state index in [2.05, 4.69) is 38.1 Å². The van der Waals surface area contributed by atoms with Crippen LogP contribution in [0.1, 0.15) is 30.5 Å². The molecule has 0 N–H and O–H groups in total. The largest absolute Gasteiger partial charge is 0.485 e. The van der Waals surface area contributed by atoms with Crippen molar-refractivity contribution in [2.75, 3.05) is 0 Å². The van der Waals surface area contributed by atoms with Crippen molar-refractivity contribution in [3.05, 3.63) is 94.5 Å². The molecular weight excluding hydrogens is 342 g/mol. The smallest absolute Gasteiger partial charge is 0.149 e. The van der Waals surface area contributed by atoms with Crippen molar-refractivity contribution in [2.24, 2.45) is 4.99 Å². The Bertz CT molecular complexity index is 921. The first-order valence-corrected chi connectivity index (χ1v) is 9.11. The Morgan fingerprint density at radius 2 is 1.50 bits per heavy atom. The van der Waals surface area contributed by atoms with E-state index in [9.17, 15) is 0 Å². The molecule has 0 unspecified atom stereocenters. The van der Waals surface area contributed by atoms with Gasteiger partial charge in [-0.25, -0.2) is 4.99 Å². The summed E-state index contributed by atoms with van der Waals surface area (Å²) in [5.74, 6) is 0.837. The van der Waals surface area contributed by atoms with Crippen LogP contribution in [-0.2, 0) is 6.42 Å². The van der Waals surface area contributed by atoms with Crippen molar-refractivity contribution in [2.45, 2.75) is 25.9 Å². The van der Waals surface area contributed by atoms with Crippen LogP contribution in [0.15, 0.2) is 77.8 Å². The molecule has 0 saturated carbocycles. The molecule has 3 heteroatoms. The lowest BCUT2D eigenvalue weighted by Crippen LogP contribution is -2.24. The maximum absolute atomic E-state index is 6.37. The number of aliphatic imine (C=N–C) groups is 1. The Morgan fingerprint density at radius 3 is 2.08 bits per heavy atom. The minimum absolute atomic E-state index is 0.239. The summed E-state index contributed by atoms with van der Waals surface area (Å²) >= 11 is 6.37. The lowest BCUT2D eigenvalue weighted by Gasteiger charge is -2.17. The highest BCUT2D eigenvalue weighted by molar-refractivity contribution is 6.31. The molecule has 130 valence electrons. The van der Waals surface area contributed by atoms with Gasteiger partial charge < -0.3 is 4.74 Å². The fourth-order valence-corrected chi connectivity index (χ4v) is 3.58. The average Bonchev–Trinajstić information content (AvgIpc) is 2.95. The van der Waals surface area contributed by atoms with Crippen LogP contribution in [-0.4, -0.2) is 11.3 Å². The summed E-state index contributed by atoms with van der Waals surface area (Å²) in [7, 11) is 0. The molecule has 0 bridgehead atoms. The molecule has 3 aromatic carbocycles. The summed E-state index contributed by atoms with van der Waals surface area (Å²) in [5, 5.41) is 0.685. The fraction of sp³-hybridized carbons (Fsp3) is 0.174. The van der Waals surface area contributed by atoms with Crippen LogP contribution < -0.4 is 4.74 Å². The van der Waals surface area contributed by atoms with E-state index in [0.717, 1.165) is 40.3 Å². The highest BCUT2D eigenvalue weighted by Crippen LogP contribution is 2.44. The van der Waals surface area contributed by atoms with E-state index in [1.54, 1.807) is 0 Å². The van der Waals surface area contributed by atoms with Gasteiger partial charge in [-0.15, -0.1) is 0 Å². The lowest BCUT2D eigenvalue weighted by molar-refractivity contribution is 0.139. The highest BCUT2D eigenvalue weighted by Gasteiger charge is 2.32. The quantitative estimate of drug-likeness (QED) is 0.507. The van der Waals surface area contributed by atoms with Gasteiger partial charge in [0.05, 0.1) is 5.71 Å². The third-order valence-electron chi connectivity index (χ3n) is 4.43. The lowest BCUT2D eigenvalue weighted by atomic mass is 10.0. The van der Waals surface area contributed by atoms with Gasteiger partial charge >= 0.3 is 0 Å². The summed E-state index contributed by atoms with van der Waals surface area (Å²) in [4.78, 5) is 5.00. The third-order valence-corrected chi connectivity index (χ3v) is 4.65. The van der Waals surface area contributed by atoms with Gasteiger partial charge in [-0.2, -0.15) is 0 Å². The van der Waals surface area contributed by atoms with Crippen molar-refractivity contribution in [3.8, 4) is 5.75 Å². The molecule has 0 aromatic heterocycles. The molecule has 0 radical (unpaired) electrons. The van der Waals surface area contributed by atoms with Gasteiger partial charge in [-0.05, 0) is 26.0 Å². The molecule has 4 rings (SSSR count). The van der Waals surface area contributed by atoms with Crippen molar-refractivity contribution < 1.29 is 4.74 Å². The SMILES string of the molecule is CC1(C)Cc2cc(Cl)cc(N=C(c3ccccc3)c3ccccc3)c2O1. The summed E-state index contributed by atoms with van der Waals surface area (Å²) in [6, 6.07) is 24.3. The van der Waals surface area contributed by atoms with Gasteiger partial charge in [0.1, 0.15) is 17.0 Å². The van der Waals surface area contributed by atoms with Gasteiger partial charge in [0.15, 0.2) is 0 Å². The molecule has 3 aromatic rings. The van der Waals surface area contributed by atoms with Crippen LogP contribution >= 0.6 is 11.6 Å². The number of benzene rings is 3. The number of fused-ring (bicyclic) bond motifs is 1. The Balaban J connectivity index is 1.90. The first-order chi connectivity index (χ1) is 12.5. The van der Waals surface area contributed by atoms with Gasteiger partial charge in [0.25, 0.3) is 0 Å². The second-order valence-electron chi connectivity index (χ2n) is 7.14. The van der Waals surface area contributed by atoms with E-state index in [1.165, 1.54) is 0 Å². The van der Waals surface area contributed by atoms with E-state index < -0.39 is 0 Å². The van der Waals surface area contributed by atoms with E-state index >= 15 is 0 Å². The summed E-state index contributed by atoms with van der Waals surface area (Å²) in [6.07, 6.45) is 0.831. The first kappa shape index (κ1) is 16.9. The van der Waals surface area contributed by atoms with Gasteiger partial charge in [0, 0.05) is 28.1 Å². The van der Waals surface area contributed by atoms with E-state index in [1.807, 2.05) is 48.5 Å². The molecule has 0 amide bonds. The van der Waals surface area contributed by atoms with Crippen molar-refractivity contribution >= 4 is 23.0 Å². The zero-order chi connectivity index (χ0) is 18.1. The molecule has 0 fully saturated rings. The minimum Gasteiger partial charge on any atom is -0.485 e. The van der Waals surface area contributed by atoms with Crippen LogP contribution in [0.25, 0.3) is 0 Å². The molecule has 1 aliphatic rings. The Morgan fingerprint density at radius 1 is 0.923 bits per heavy atom. The predicted octanol–water partition coefficient (Wildman–Crippen LogP) is 6.22. The summed E-state index contributed by atoms with van der Waals surface area (Å²) in [6.45, 7) is 4.17. The standard InChI is InChI=1S/C23H20ClNO/c1-23(2)15-18-13-19(24)14-20(22(18)26-23)25-21(16-9-5-3-6-10-16)17-11-7-4-8-12-17/h3-14H,15H2,1-2H3. The van der Waals surface area contributed by atoms with Crippen LogP contribution in [0.3, 0.4) is 0 Å². The highest BCUT2D eigenvalue weighted by atomic mass is 35.5. The average molecular weight is 362 g/mol. The molecule has 0 spiro atoms. The third kappa shape index (κ3) is 3.38. The molecule has 2 nitrogen and oxygen atoms in total. The molecular formula is C23H20ClNO.